The highest BCUT2D eigenvalue weighted by Gasteiger charge is 2.04. The van der Waals surface area contributed by atoms with Crippen LogP contribution in [0.15, 0.2) is 5.16 Å². The SMILES string of the molecule is CC(O)CC(C)NCCC(N)=NO. The van der Waals surface area contributed by atoms with Gasteiger partial charge in [-0.3, -0.25) is 0 Å². The molecule has 0 bridgehead atoms. The molecule has 0 spiro atoms. The van der Waals surface area contributed by atoms with Gasteiger partial charge in [0.05, 0.1) is 6.10 Å². The van der Waals surface area contributed by atoms with E-state index in [1.54, 1.807) is 6.92 Å². The first-order valence-corrected chi connectivity index (χ1v) is 4.44. The maximum Gasteiger partial charge on any atom is 0.140 e. The zero-order valence-electron chi connectivity index (χ0n) is 8.20. The summed E-state index contributed by atoms with van der Waals surface area (Å²) >= 11 is 0. The van der Waals surface area contributed by atoms with Crippen molar-refractivity contribution in [3.63, 3.8) is 0 Å². The summed E-state index contributed by atoms with van der Waals surface area (Å²) in [5.41, 5.74) is 5.27. The Morgan fingerprint density at radius 3 is 2.62 bits per heavy atom. The monoisotopic (exact) mass is 189 g/mol. The Morgan fingerprint density at radius 2 is 2.15 bits per heavy atom. The molecule has 0 amide bonds. The molecule has 0 aliphatic heterocycles. The number of aliphatic hydroxyl groups is 1. The number of oxime groups is 1. The molecule has 0 aliphatic carbocycles. The first-order valence-electron chi connectivity index (χ1n) is 4.44. The van der Waals surface area contributed by atoms with Crippen LogP contribution in [0, 0.1) is 0 Å². The topological polar surface area (TPSA) is 90.9 Å². The van der Waals surface area contributed by atoms with E-state index in [0.717, 1.165) is 0 Å². The van der Waals surface area contributed by atoms with E-state index in [2.05, 4.69) is 10.5 Å². The van der Waals surface area contributed by atoms with Crippen LogP contribution in [0.2, 0.25) is 0 Å². The molecule has 0 saturated carbocycles. The molecule has 0 aromatic rings. The molecule has 0 fully saturated rings. The molecule has 0 aliphatic rings. The van der Waals surface area contributed by atoms with Crippen molar-refractivity contribution >= 4 is 5.84 Å². The van der Waals surface area contributed by atoms with Crippen LogP contribution in [0.25, 0.3) is 0 Å². The summed E-state index contributed by atoms with van der Waals surface area (Å²) in [5.74, 6) is 0.219. The van der Waals surface area contributed by atoms with Gasteiger partial charge >= 0.3 is 0 Å². The molecule has 5 nitrogen and oxygen atoms in total. The van der Waals surface area contributed by atoms with Gasteiger partial charge in [-0.1, -0.05) is 5.16 Å². The normalized spacial score (nSPS) is 17.0. The number of nitrogens with two attached hydrogens (primary N) is 1. The predicted octanol–water partition coefficient (Wildman–Crippen LogP) is -0.128. The zero-order valence-corrected chi connectivity index (χ0v) is 8.20. The Labute approximate surface area is 78.6 Å². The van der Waals surface area contributed by atoms with Crippen LogP contribution >= 0.6 is 0 Å². The summed E-state index contributed by atoms with van der Waals surface area (Å²) in [4.78, 5) is 0. The number of amidine groups is 1. The lowest BCUT2D eigenvalue weighted by Crippen LogP contribution is -2.32. The molecule has 5 heteroatoms. The van der Waals surface area contributed by atoms with Crippen molar-refractivity contribution in [3.8, 4) is 0 Å². The highest BCUT2D eigenvalue weighted by atomic mass is 16.4. The van der Waals surface area contributed by atoms with Crippen molar-refractivity contribution in [3.05, 3.63) is 0 Å². The molecule has 2 atom stereocenters. The molecule has 0 aromatic heterocycles. The van der Waals surface area contributed by atoms with Gasteiger partial charge in [-0.05, 0) is 20.3 Å². The van der Waals surface area contributed by atoms with Gasteiger partial charge in [0.1, 0.15) is 5.84 Å². The van der Waals surface area contributed by atoms with Crippen LogP contribution in [0.3, 0.4) is 0 Å². The van der Waals surface area contributed by atoms with Gasteiger partial charge in [0.2, 0.25) is 0 Å². The third-order valence-corrected chi connectivity index (χ3v) is 1.70. The fraction of sp³-hybridized carbons (Fsp3) is 0.875. The first-order chi connectivity index (χ1) is 6.06. The van der Waals surface area contributed by atoms with Crippen LogP contribution in [0.4, 0.5) is 0 Å². The second-order valence-corrected chi connectivity index (χ2v) is 3.28. The van der Waals surface area contributed by atoms with Crippen molar-refractivity contribution in [1.82, 2.24) is 5.32 Å². The molecule has 13 heavy (non-hydrogen) atoms. The third kappa shape index (κ3) is 7.55. The van der Waals surface area contributed by atoms with Gasteiger partial charge in [-0.15, -0.1) is 0 Å². The summed E-state index contributed by atoms with van der Waals surface area (Å²) in [6, 6.07) is 0.242. The molecule has 5 N–H and O–H groups in total. The third-order valence-electron chi connectivity index (χ3n) is 1.70. The predicted molar refractivity (Wildman–Crippen MR) is 51.8 cm³/mol. The Kier molecular flexibility index (Phi) is 6.26. The van der Waals surface area contributed by atoms with E-state index in [9.17, 15) is 0 Å². The van der Waals surface area contributed by atoms with Crippen LogP contribution in [0.1, 0.15) is 26.7 Å². The number of rotatable bonds is 6. The minimum absolute atomic E-state index is 0.219. The standard InChI is InChI=1S/C8H19N3O2/c1-6(5-7(2)12)10-4-3-8(9)11-13/h6-7,10,12-13H,3-5H2,1-2H3,(H2,9,11). The molecular formula is C8H19N3O2. The molecule has 2 unspecified atom stereocenters. The summed E-state index contributed by atoms with van der Waals surface area (Å²) in [5, 5.41) is 23.3. The van der Waals surface area contributed by atoms with Gasteiger partial charge in [0.15, 0.2) is 0 Å². The van der Waals surface area contributed by atoms with Crippen molar-refractivity contribution in [2.75, 3.05) is 6.54 Å². The summed E-state index contributed by atoms with van der Waals surface area (Å²) in [6.45, 7) is 4.39. The lowest BCUT2D eigenvalue weighted by atomic mass is 10.1. The minimum Gasteiger partial charge on any atom is -0.409 e. The first kappa shape index (κ1) is 12.2. The largest absolute Gasteiger partial charge is 0.409 e. The molecule has 0 rings (SSSR count). The molecular weight excluding hydrogens is 170 g/mol. The van der Waals surface area contributed by atoms with E-state index in [-0.39, 0.29) is 18.0 Å². The number of aliphatic hydroxyl groups excluding tert-OH is 1. The quantitative estimate of drug-likeness (QED) is 0.203. The number of hydrogen-bond acceptors (Lipinski definition) is 4. The van der Waals surface area contributed by atoms with E-state index >= 15 is 0 Å². The highest BCUT2D eigenvalue weighted by Crippen LogP contribution is 1.95. The summed E-state index contributed by atoms with van der Waals surface area (Å²) in [7, 11) is 0. The Balaban J connectivity index is 3.42. The molecule has 0 saturated heterocycles. The zero-order chi connectivity index (χ0) is 10.3. The van der Waals surface area contributed by atoms with Gasteiger partial charge in [0.25, 0.3) is 0 Å². The van der Waals surface area contributed by atoms with E-state index in [4.69, 9.17) is 16.0 Å². The average molecular weight is 189 g/mol. The number of nitrogens with one attached hydrogen (secondary N) is 1. The van der Waals surface area contributed by atoms with Crippen molar-refractivity contribution in [2.24, 2.45) is 10.9 Å². The van der Waals surface area contributed by atoms with Gasteiger partial charge in [-0.2, -0.15) is 0 Å². The van der Waals surface area contributed by atoms with Crippen molar-refractivity contribution in [2.45, 2.75) is 38.8 Å². The smallest absolute Gasteiger partial charge is 0.140 e. The summed E-state index contributed by atoms with van der Waals surface area (Å²) < 4.78 is 0. The Hall–Kier alpha value is -0.810. The van der Waals surface area contributed by atoms with Crippen LogP contribution in [-0.2, 0) is 0 Å². The molecule has 0 aromatic carbocycles. The maximum atomic E-state index is 9.05. The number of hydrogen-bond donors (Lipinski definition) is 4. The Morgan fingerprint density at radius 1 is 1.54 bits per heavy atom. The Bertz CT molecular complexity index is 159. The van der Waals surface area contributed by atoms with Gasteiger partial charge < -0.3 is 21.4 Å². The van der Waals surface area contributed by atoms with Crippen LogP contribution in [-0.4, -0.2) is 34.8 Å². The summed E-state index contributed by atoms with van der Waals surface area (Å²) in [6.07, 6.45) is 0.919. The fourth-order valence-corrected chi connectivity index (χ4v) is 1.09. The maximum absolute atomic E-state index is 9.05. The highest BCUT2D eigenvalue weighted by molar-refractivity contribution is 5.79. The van der Waals surface area contributed by atoms with Crippen LogP contribution in [0.5, 0.6) is 0 Å². The van der Waals surface area contributed by atoms with Crippen LogP contribution < -0.4 is 11.1 Å². The van der Waals surface area contributed by atoms with Crippen molar-refractivity contribution < 1.29 is 10.3 Å². The van der Waals surface area contributed by atoms with Gasteiger partial charge in [0, 0.05) is 19.0 Å². The second-order valence-electron chi connectivity index (χ2n) is 3.28. The van der Waals surface area contributed by atoms with E-state index in [1.807, 2.05) is 6.92 Å². The van der Waals surface area contributed by atoms with Gasteiger partial charge in [-0.25, -0.2) is 0 Å². The minimum atomic E-state index is -0.300. The lowest BCUT2D eigenvalue weighted by molar-refractivity contribution is 0.171. The molecule has 78 valence electrons. The average Bonchev–Trinajstić information content (AvgIpc) is 2.02. The fourth-order valence-electron chi connectivity index (χ4n) is 1.09. The number of nitrogens with zero attached hydrogens (tertiary/aromatic N) is 1. The lowest BCUT2D eigenvalue weighted by Gasteiger charge is -2.14. The molecule has 0 radical (unpaired) electrons. The van der Waals surface area contributed by atoms with Crippen molar-refractivity contribution in [1.29, 1.82) is 0 Å². The van der Waals surface area contributed by atoms with E-state index in [0.29, 0.717) is 19.4 Å². The second kappa shape index (κ2) is 6.68. The van der Waals surface area contributed by atoms with E-state index < -0.39 is 0 Å². The molecule has 0 heterocycles. The van der Waals surface area contributed by atoms with E-state index in [1.165, 1.54) is 0 Å².